The quantitative estimate of drug-likeness (QED) is 0.889. The summed E-state index contributed by atoms with van der Waals surface area (Å²) in [6, 6.07) is 2.44. The second-order valence-electron chi connectivity index (χ2n) is 6.46. The third-order valence-electron chi connectivity index (χ3n) is 4.19. The van der Waals surface area contributed by atoms with Gasteiger partial charge in [-0.2, -0.15) is 0 Å². The fourth-order valence-corrected chi connectivity index (χ4v) is 2.94. The fourth-order valence-electron chi connectivity index (χ4n) is 2.94. The van der Waals surface area contributed by atoms with Crippen molar-refractivity contribution in [3.63, 3.8) is 0 Å². The molecule has 1 heterocycles. The standard InChI is InChI=1S/C15H27N3/c1-5-17(4)8-9-18-7-6-12-13(16)10-15(2,3)11-14(12)18/h6-7,13H,5,8-11,16H2,1-4H3. The molecule has 0 saturated heterocycles. The van der Waals surface area contributed by atoms with Gasteiger partial charge in [-0.05, 0) is 43.5 Å². The summed E-state index contributed by atoms with van der Waals surface area (Å²) in [5.41, 5.74) is 9.46. The van der Waals surface area contributed by atoms with E-state index in [4.69, 9.17) is 5.73 Å². The van der Waals surface area contributed by atoms with Crippen molar-refractivity contribution in [2.24, 2.45) is 11.1 Å². The zero-order chi connectivity index (χ0) is 13.3. The predicted octanol–water partition coefficient (Wildman–Crippen LogP) is 2.41. The molecule has 3 nitrogen and oxygen atoms in total. The van der Waals surface area contributed by atoms with Gasteiger partial charge < -0.3 is 15.2 Å². The van der Waals surface area contributed by atoms with E-state index in [0.717, 1.165) is 32.5 Å². The van der Waals surface area contributed by atoms with Crippen molar-refractivity contribution in [1.29, 1.82) is 0 Å². The van der Waals surface area contributed by atoms with Gasteiger partial charge in [0.2, 0.25) is 0 Å². The molecule has 1 atom stereocenters. The summed E-state index contributed by atoms with van der Waals surface area (Å²) in [7, 11) is 2.17. The van der Waals surface area contributed by atoms with Crippen LogP contribution in [0.5, 0.6) is 0 Å². The van der Waals surface area contributed by atoms with Gasteiger partial charge in [-0.1, -0.05) is 20.8 Å². The van der Waals surface area contributed by atoms with Crippen molar-refractivity contribution in [1.82, 2.24) is 9.47 Å². The lowest BCUT2D eigenvalue weighted by Gasteiger charge is -2.34. The molecule has 0 fully saturated rings. The van der Waals surface area contributed by atoms with Gasteiger partial charge in [0.25, 0.3) is 0 Å². The largest absolute Gasteiger partial charge is 0.350 e. The highest BCUT2D eigenvalue weighted by molar-refractivity contribution is 5.30. The molecule has 1 aliphatic rings. The van der Waals surface area contributed by atoms with Crippen LogP contribution in [0.1, 0.15) is 44.5 Å². The van der Waals surface area contributed by atoms with Gasteiger partial charge in [-0.15, -0.1) is 0 Å². The first-order chi connectivity index (χ1) is 8.43. The average molecular weight is 249 g/mol. The molecule has 18 heavy (non-hydrogen) atoms. The van der Waals surface area contributed by atoms with Crippen LogP contribution in [0.3, 0.4) is 0 Å². The minimum absolute atomic E-state index is 0.217. The van der Waals surface area contributed by atoms with E-state index in [1.807, 2.05) is 0 Å². The lowest BCUT2D eigenvalue weighted by Crippen LogP contribution is -2.31. The molecule has 0 radical (unpaired) electrons. The summed E-state index contributed by atoms with van der Waals surface area (Å²) in [6.07, 6.45) is 4.47. The van der Waals surface area contributed by atoms with Crippen molar-refractivity contribution in [2.45, 2.75) is 46.2 Å². The van der Waals surface area contributed by atoms with Crippen LogP contribution in [0, 0.1) is 5.41 Å². The monoisotopic (exact) mass is 249 g/mol. The molecule has 2 rings (SSSR count). The highest BCUT2D eigenvalue weighted by atomic mass is 15.1. The van der Waals surface area contributed by atoms with E-state index in [-0.39, 0.29) is 6.04 Å². The molecule has 1 unspecified atom stereocenters. The normalized spacial score (nSPS) is 22.2. The molecule has 1 aromatic heterocycles. The summed E-state index contributed by atoms with van der Waals surface area (Å²) in [6.45, 7) is 10.1. The van der Waals surface area contributed by atoms with Crippen LogP contribution in [0.15, 0.2) is 12.3 Å². The molecular weight excluding hydrogens is 222 g/mol. The molecular formula is C15H27N3. The highest BCUT2D eigenvalue weighted by Gasteiger charge is 2.32. The zero-order valence-corrected chi connectivity index (χ0v) is 12.2. The molecule has 0 amide bonds. The summed E-state index contributed by atoms with van der Waals surface area (Å²) in [5.74, 6) is 0. The molecule has 0 saturated carbocycles. The van der Waals surface area contributed by atoms with Crippen LogP contribution in [-0.4, -0.2) is 29.6 Å². The number of hydrogen-bond acceptors (Lipinski definition) is 2. The predicted molar refractivity (Wildman–Crippen MR) is 76.6 cm³/mol. The second-order valence-corrected chi connectivity index (χ2v) is 6.46. The van der Waals surface area contributed by atoms with E-state index in [1.165, 1.54) is 11.3 Å². The lowest BCUT2D eigenvalue weighted by atomic mass is 9.74. The Morgan fingerprint density at radius 2 is 2.22 bits per heavy atom. The molecule has 102 valence electrons. The van der Waals surface area contributed by atoms with E-state index >= 15 is 0 Å². The maximum Gasteiger partial charge on any atom is 0.0350 e. The van der Waals surface area contributed by atoms with E-state index in [0.29, 0.717) is 5.41 Å². The molecule has 0 bridgehead atoms. The lowest BCUT2D eigenvalue weighted by molar-refractivity contribution is 0.270. The summed E-state index contributed by atoms with van der Waals surface area (Å²) in [5, 5.41) is 0. The Hall–Kier alpha value is -0.800. The van der Waals surface area contributed by atoms with Crippen LogP contribution in [0.2, 0.25) is 0 Å². The molecule has 1 aliphatic carbocycles. The van der Waals surface area contributed by atoms with Crippen molar-refractivity contribution in [3.05, 3.63) is 23.5 Å². The SMILES string of the molecule is CCN(C)CCn1ccc2c1CC(C)(C)CC2N. The van der Waals surface area contributed by atoms with Gasteiger partial charge >= 0.3 is 0 Å². The molecule has 0 aromatic carbocycles. The number of hydrogen-bond donors (Lipinski definition) is 1. The van der Waals surface area contributed by atoms with Crippen molar-refractivity contribution >= 4 is 0 Å². The molecule has 1 aromatic rings. The number of likely N-dealkylation sites (N-methyl/N-ethyl adjacent to an activating group) is 1. The van der Waals surface area contributed by atoms with Crippen molar-refractivity contribution in [2.75, 3.05) is 20.1 Å². The molecule has 0 spiro atoms. The van der Waals surface area contributed by atoms with Crippen LogP contribution >= 0.6 is 0 Å². The fraction of sp³-hybridized carbons (Fsp3) is 0.733. The van der Waals surface area contributed by atoms with Crippen LogP contribution in [0.25, 0.3) is 0 Å². The van der Waals surface area contributed by atoms with Gasteiger partial charge in [0.1, 0.15) is 0 Å². The first-order valence-corrected chi connectivity index (χ1v) is 7.05. The maximum absolute atomic E-state index is 6.29. The first-order valence-electron chi connectivity index (χ1n) is 7.05. The minimum Gasteiger partial charge on any atom is -0.350 e. The van der Waals surface area contributed by atoms with Gasteiger partial charge in [-0.3, -0.25) is 0 Å². The number of nitrogens with zero attached hydrogens (tertiary/aromatic N) is 2. The molecule has 0 aliphatic heterocycles. The van der Waals surface area contributed by atoms with E-state index in [1.54, 1.807) is 0 Å². The molecule has 2 N–H and O–H groups in total. The van der Waals surface area contributed by atoms with Gasteiger partial charge in [0.05, 0.1) is 0 Å². The Labute approximate surface area is 111 Å². The smallest absolute Gasteiger partial charge is 0.0350 e. The van der Waals surface area contributed by atoms with Crippen molar-refractivity contribution < 1.29 is 0 Å². The number of fused-ring (bicyclic) bond motifs is 1. The van der Waals surface area contributed by atoms with Gasteiger partial charge in [0.15, 0.2) is 0 Å². The highest BCUT2D eigenvalue weighted by Crippen LogP contribution is 2.39. The minimum atomic E-state index is 0.217. The van der Waals surface area contributed by atoms with Crippen LogP contribution in [0.4, 0.5) is 0 Å². The number of rotatable bonds is 4. The number of nitrogens with two attached hydrogens (primary N) is 1. The number of aromatic nitrogens is 1. The van der Waals surface area contributed by atoms with E-state index in [2.05, 4.69) is 49.5 Å². The zero-order valence-electron chi connectivity index (χ0n) is 12.2. The Morgan fingerprint density at radius 3 is 2.89 bits per heavy atom. The second kappa shape index (κ2) is 5.06. The topological polar surface area (TPSA) is 34.2 Å². The summed E-state index contributed by atoms with van der Waals surface area (Å²) in [4.78, 5) is 2.35. The Balaban J connectivity index is 2.15. The first kappa shape index (κ1) is 13.6. The summed E-state index contributed by atoms with van der Waals surface area (Å²) >= 11 is 0. The van der Waals surface area contributed by atoms with E-state index < -0.39 is 0 Å². The third kappa shape index (κ3) is 2.78. The van der Waals surface area contributed by atoms with Crippen molar-refractivity contribution in [3.8, 4) is 0 Å². The third-order valence-corrected chi connectivity index (χ3v) is 4.19. The average Bonchev–Trinajstić information content (AvgIpc) is 2.67. The maximum atomic E-state index is 6.29. The molecule has 3 heteroatoms. The van der Waals surface area contributed by atoms with E-state index in [9.17, 15) is 0 Å². The summed E-state index contributed by atoms with van der Waals surface area (Å²) < 4.78 is 2.41. The van der Waals surface area contributed by atoms with Gasteiger partial charge in [-0.25, -0.2) is 0 Å². The van der Waals surface area contributed by atoms with Crippen LogP contribution in [-0.2, 0) is 13.0 Å². The van der Waals surface area contributed by atoms with Gasteiger partial charge in [0, 0.05) is 31.0 Å². The Morgan fingerprint density at radius 1 is 1.50 bits per heavy atom. The van der Waals surface area contributed by atoms with Crippen LogP contribution < -0.4 is 5.73 Å². The Kier molecular flexibility index (Phi) is 3.83. The Bertz CT molecular complexity index is 406.